The van der Waals surface area contributed by atoms with Crippen LogP contribution in [-0.2, 0) is 16.0 Å². The van der Waals surface area contributed by atoms with Gasteiger partial charge in [-0.3, -0.25) is 9.78 Å². The van der Waals surface area contributed by atoms with E-state index >= 15 is 0 Å². The lowest BCUT2D eigenvalue weighted by Gasteiger charge is -2.27. The number of alkyl carbamates (subject to hydrolysis) is 1. The van der Waals surface area contributed by atoms with E-state index in [4.69, 9.17) is 4.74 Å². The number of rotatable bonds is 5. The molecule has 1 N–H and O–H groups in total. The number of pyridine rings is 1. The highest BCUT2D eigenvalue weighted by atomic mass is 16.6. The van der Waals surface area contributed by atoms with Crippen LogP contribution in [0.2, 0.25) is 0 Å². The molecular formula is C16H24N2O3. The fraction of sp³-hybridized carbons (Fsp3) is 0.562. The highest BCUT2D eigenvalue weighted by Gasteiger charge is 2.30. The molecule has 0 saturated carbocycles. The first-order chi connectivity index (χ1) is 9.60. The van der Waals surface area contributed by atoms with Gasteiger partial charge in [-0.05, 0) is 53.2 Å². The van der Waals surface area contributed by atoms with Gasteiger partial charge in [0.2, 0.25) is 0 Å². The second-order valence-corrected chi connectivity index (χ2v) is 6.50. The molecule has 0 atom stereocenters. The van der Waals surface area contributed by atoms with Gasteiger partial charge in [0.05, 0.1) is 5.54 Å². The van der Waals surface area contributed by atoms with Crippen LogP contribution in [0.5, 0.6) is 0 Å². The third-order valence-corrected chi connectivity index (χ3v) is 2.84. The summed E-state index contributed by atoms with van der Waals surface area (Å²) in [6.45, 7) is 8.70. The Labute approximate surface area is 126 Å². The number of hydrogen-bond acceptors (Lipinski definition) is 4. The Hall–Kier alpha value is -1.91. The Morgan fingerprint density at radius 2 is 1.86 bits per heavy atom. The first-order valence-electron chi connectivity index (χ1n) is 7.04. The van der Waals surface area contributed by atoms with Crippen molar-refractivity contribution in [2.24, 2.45) is 0 Å². The zero-order valence-corrected chi connectivity index (χ0v) is 13.4. The van der Waals surface area contributed by atoms with Crippen LogP contribution in [0.25, 0.3) is 0 Å². The van der Waals surface area contributed by atoms with Gasteiger partial charge in [-0.2, -0.15) is 0 Å². The number of nitrogens with one attached hydrogen (secondary N) is 1. The molecule has 0 bridgehead atoms. The van der Waals surface area contributed by atoms with E-state index in [1.165, 1.54) is 0 Å². The second kappa shape index (κ2) is 6.70. The maximum Gasteiger partial charge on any atom is 0.408 e. The Balaban J connectivity index is 2.53. The van der Waals surface area contributed by atoms with Crippen LogP contribution in [-0.4, -0.2) is 28.0 Å². The third kappa shape index (κ3) is 6.38. The average Bonchev–Trinajstić information content (AvgIpc) is 2.34. The molecule has 5 heteroatoms. The minimum Gasteiger partial charge on any atom is -0.444 e. The zero-order chi connectivity index (χ0) is 16.1. The fourth-order valence-corrected chi connectivity index (χ4v) is 1.73. The summed E-state index contributed by atoms with van der Waals surface area (Å²) in [6, 6.07) is 5.60. The first-order valence-corrected chi connectivity index (χ1v) is 7.04. The SMILES string of the molecule is CC(C)(C)OC(=O)NC(C)(C)C(=O)CCc1ccccn1. The second-order valence-electron chi connectivity index (χ2n) is 6.50. The number of hydrogen-bond donors (Lipinski definition) is 1. The highest BCUT2D eigenvalue weighted by Crippen LogP contribution is 2.12. The summed E-state index contributed by atoms with van der Waals surface area (Å²) < 4.78 is 5.17. The largest absolute Gasteiger partial charge is 0.444 e. The summed E-state index contributed by atoms with van der Waals surface area (Å²) in [5, 5.41) is 2.62. The molecule has 0 unspecified atom stereocenters. The van der Waals surface area contributed by atoms with E-state index < -0.39 is 17.2 Å². The van der Waals surface area contributed by atoms with E-state index in [0.29, 0.717) is 12.8 Å². The molecule has 1 amide bonds. The molecule has 1 rings (SSSR count). The Morgan fingerprint density at radius 3 is 2.38 bits per heavy atom. The summed E-state index contributed by atoms with van der Waals surface area (Å²) >= 11 is 0. The number of nitrogens with zero attached hydrogens (tertiary/aromatic N) is 1. The number of amides is 1. The molecule has 1 aromatic heterocycles. The quantitative estimate of drug-likeness (QED) is 0.906. The van der Waals surface area contributed by atoms with Crippen LogP contribution >= 0.6 is 0 Å². The number of Topliss-reactive ketones (excluding diaryl/α,β-unsaturated/α-hetero) is 1. The lowest BCUT2D eigenvalue weighted by atomic mass is 9.95. The fourth-order valence-electron chi connectivity index (χ4n) is 1.73. The molecule has 0 aliphatic rings. The van der Waals surface area contributed by atoms with Gasteiger partial charge in [-0.1, -0.05) is 6.07 Å². The van der Waals surface area contributed by atoms with Crippen LogP contribution in [0.1, 0.15) is 46.7 Å². The van der Waals surface area contributed by atoms with Crippen molar-refractivity contribution >= 4 is 11.9 Å². The van der Waals surface area contributed by atoms with Crippen LogP contribution in [0.3, 0.4) is 0 Å². The van der Waals surface area contributed by atoms with Gasteiger partial charge < -0.3 is 10.1 Å². The van der Waals surface area contributed by atoms with Gasteiger partial charge in [-0.15, -0.1) is 0 Å². The molecule has 0 spiro atoms. The topological polar surface area (TPSA) is 68.3 Å². The van der Waals surface area contributed by atoms with Crippen molar-refractivity contribution in [1.82, 2.24) is 10.3 Å². The van der Waals surface area contributed by atoms with Crippen molar-refractivity contribution in [2.45, 2.75) is 58.6 Å². The predicted octanol–water partition coefficient (Wildman–Crippen LogP) is 2.89. The lowest BCUT2D eigenvalue weighted by Crippen LogP contribution is -2.51. The number of ketones is 1. The minimum absolute atomic E-state index is 0.0565. The summed E-state index contributed by atoms with van der Waals surface area (Å²) in [5.41, 5.74) is -0.687. The summed E-state index contributed by atoms with van der Waals surface area (Å²) in [4.78, 5) is 28.2. The van der Waals surface area contributed by atoms with E-state index in [2.05, 4.69) is 10.3 Å². The van der Waals surface area contributed by atoms with Crippen molar-refractivity contribution in [1.29, 1.82) is 0 Å². The maximum absolute atomic E-state index is 12.2. The number of aryl methyl sites for hydroxylation is 1. The summed E-state index contributed by atoms with van der Waals surface area (Å²) in [6.07, 6.45) is 1.99. The van der Waals surface area contributed by atoms with Crippen molar-refractivity contribution in [3.63, 3.8) is 0 Å². The molecule has 0 aliphatic heterocycles. The number of carbonyl (C=O) groups excluding carboxylic acids is 2. The molecule has 0 aromatic carbocycles. The third-order valence-electron chi connectivity index (χ3n) is 2.84. The van der Waals surface area contributed by atoms with Gasteiger partial charge in [0.25, 0.3) is 0 Å². The molecule has 0 radical (unpaired) electrons. The van der Waals surface area contributed by atoms with Gasteiger partial charge in [0.1, 0.15) is 5.60 Å². The van der Waals surface area contributed by atoms with Gasteiger partial charge in [0.15, 0.2) is 5.78 Å². The number of aromatic nitrogens is 1. The van der Waals surface area contributed by atoms with Crippen molar-refractivity contribution in [3.05, 3.63) is 30.1 Å². The smallest absolute Gasteiger partial charge is 0.408 e. The number of ether oxygens (including phenoxy) is 1. The molecule has 0 aliphatic carbocycles. The lowest BCUT2D eigenvalue weighted by molar-refractivity contribution is -0.124. The van der Waals surface area contributed by atoms with Crippen LogP contribution < -0.4 is 5.32 Å². The summed E-state index contributed by atoms with van der Waals surface area (Å²) in [7, 11) is 0. The van der Waals surface area contributed by atoms with E-state index in [-0.39, 0.29) is 5.78 Å². The zero-order valence-electron chi connectivity index (χ0n) is 13.4. The molecule has 1 aromatic rings. The van der Waals surface area contributed by atoms with Crippen molar-refractivity contribution in [2.75, 3.05) is 0 Å². The summed E-state index contributed by atoms with van der Waals surface area (Å²) in [5.74, 6) is -0.0565. The Bertz CT molecular complexity index is 490. The molecular weight excluding hydrogens is 268 g/mol. The first kappa shape index (κ1) is 17.1. The highest BCUT2D eigenvalue weighted by molar-refractivity contribution is 5.90. The van der Waals surface area contributed by atoms with E-state index in [9.17, 15) is 9.59 Å². The molecule has 21 heavy (non-hydrogen) atoms. The number of carbonyl (C=O) groups is 2. The van der Waals surface area contributed by atoms with E-state index in [1.54, 1.807) is 40.8 Å². The van der Waals surface area contributed by atoms with Gasteiger partial charge >= 0.3 is 6.09 Å². The molecule has 116 valence electrons. The van der Waals surface area contributed by atoms with E-state index in [0.717, 1.165) is 5.69 Å². The molecule has 5 nitrogen and oxygen atoms in total. The van der Waals surface area contributed by atoms with Crippen LogP contribution in [0.15, 0.2) is 24.4 Å². The molecule has 0 fully saturated rings. The maximum atomic E-state index is 12.2. The van der Waals surface area contributed by atoms with Crippen molar-refractivity contribution < 1.29 is 14.3 Å². The van der Waals surface area contributed by atoms with Gasteiger partial charge in [-0.25, -0.2) is 4.79 Å². The van der Waals surface area contributed by atoms with Crippen molar-refractivity contribution in [3.8, 4) is 0 Å². The predicted molar refractivity (Wildman–Crippen MR) is 81.0 cm³/mol. The normalized spacial score (nSPS) is 11.9. The minimum atomic E-state index is -0.961. The molecule has 0 saturated heterocycles. The molecule has 1 heterocycles. The standard InChI is InChI=1S/C16H24N2O3/c1-15(2,3)21-14(20)18-16(4,5)13(19)10-9-12-8-6-7-11-17-12/h6-8,11H,9-10H2,1-5H3,(H,18,20). The monoisotopic (exact) mass is 292 g/mol. The Morgan fingerprint density at radius 1 is 1.19 bits per heavy atom. The van der Waals surface area contributed by atoms with Crippen LogP contribution in [0, 0.1) is 0 Å². The van der Waals surface area contributed by atoms with E-state index in [1.807, 2.05) is 18.2 Å². The van der Waals surface area contributed by atoms with Crippen LogP contribution in [0.4, 0.5) is 4.79 Å². The average molecular weight is 292 g/mol. The Kier molecular flexibility index (Phi) is 5.47. The van der Waals surface area contributed by atoms with Gasteiger partial charge in [0, 0.05) is 18.3 Å².